The molecule has 0 saturated heterocycles. The summed E-state index contributed by atoms with van der Waals surface area (Å²) >= 11 is 1.55. The van der Waals surface area contributed by atoms with Gasteiger partial charge in [-0.05, 0) is 25.6 Å². The molecule has 1 aromatic carbocycles. The van der Waals surface area contributed by atoms with E-state index in [1.54, 1.807) is 23.5 Å². The van der Waals surface area contributed by atoms with Crippen LogP contribution in [0.15, 0.2) is 24.3 Å². The number of halogens is 1. The average molecular weight is 250 g/mol. The van der Waals surface area contributed by atoms with Crippen LogP contribution in [-0.4, -0.2) is 11.5 Å². The Bertz CT molecular complexity index is 508. The zero-order chi connectivity index (χ0) is 12.3. The Labute approximate surface area is 105 Å². The molecule has 0 radical (unpaired) electrons. The van der Waals surface area contributed by atoms with Crippen LogP contribution in [-0.2, 0) is 6.54 Å². The van der Waals surface area contributed by atoms with E-state index in [-0.39, 0.29) is 5.82 Å². The fraction of sp³-hybridized carbons (Fsp3) is 0.308. The SMILES string of the molecule is CCNCc1sc(-c2ccccc2F)nc1C. The molecule has 1 N–H and O–H groups in total. The second-order valence-electron chi connectivity index (χ2n) is 3.79. The maximum atomic E-state index is 13.6. The highest BCUT2D eigenvalue weighted by atomic mass is 32.1. The van der Waals surface area contributed by atoms with Gasteiger partial charge in [0.25, 0.3) is 0 Å². The Morgan fingerprint density at radius 1 is 1.35 bits per heavy atom. The predicted octanol–water partition coefficient (Wildman–Crippen LogP) is 3.37. The Morgan fingerprint density at radius 2 is 2.12 bits per heavy atom. The minimum absolute atomic E-state index is 0.212. The standard InChI is InChI=1S/C13H15FN2S/c1-3-15-8-12-9(2)16-13(17-12)10-6-4-5-7-11(10)14/h4-7,15H,3,8H2,1-2H3. The summed E-state index contributed by atoms with van der Waals surface area (Å²) < 4.78 is 13.6. The van der Waals surface area contributed by atoms with Gasteiger partial charge in [-0.25, -0.2) is 9.37 Å². The number of nitrogens with zero attached hydrogens (tertiary/aromatic N) is 1. The van der Waals surface area contributed by atoms with Crippen molar-refractivity contribution in [2.45, 2.75) is 20.4 Å². The van der Waals surface area contributed by atoms with Crippen molar-refractivity contribution in [2.24, 2.45) is 0 Å². The quantitative estimate of drug-likeness (QED) is 0.900. The fourth-order valence-corrected chi connectivity index (χ4v) is 2.64. The van der Waals surface area contributed by atoms with Gasteiger partial charge in [-0.2, -0.15) is 0 Å². The number of aryl methyl sites for hydroxylation is 1. The fourth-order valence-electron chi connectivity index (χ4n) is 1.58. The molecule has 0 bridgehead atoms. The van der Waals surface area contributed by atoms with Gasteiger partial charge in [0.1, 0.15) is 10.8 Å². The third-order valence-corrected chi connectivity index (χ3v) is 3.72. The second kappa shape index (κ2) is 5.38. The first-order valence-corrected chi connectivity index (χ1v) is 6.46. The highest BCUT2D eigenvalue weighted by molar-refractivity contribution is 7.15. The molecule has 0 fully saturated rings. The number of rotatable bonds is 4. The number of hydrogen-bond donors (Lipinski definition) is 1. The zero-order valence-corrected chi connectivity index (χ0v) is 10.8. The maximum absolute atomic E-state index is 13.6. The number of thiazole rings is 1. The van der Waals surface area contributed by atoms with Gasteiger partial charge >= 0.3 is 0 Å². The topological polar surface area (TPSA) is 24.9 Å². The minimum atomic E-state index is -0.212. The van der Waals surface area contributed by atoms with Gasteiger partial charge < -0.3 is 5.32 Å². The number of hydrogen-bond acceptors (Lipinski definition) is 3. The molecule has 2 aromatic rings. The summed E-state index contributed by atoms with van der Waals surface area (Å²) in [4.78, 5) is 5.60. The van der Waals surface area contributed by atoms with Crippen molar-refractivity contribution in [2.75, 3.05) is 6.54 Å². The lowest BCUT2D eigenvalue weighted by atomic mass is 10.2. The van der Waals surface area contributed by atoms with E-state index in [2.05, 4.69) is 17.2 Å². The number of aromatic nitrogens is 1. The van der Waals surface area contributed by atoms with Crippen LogP contribution >= 0.6 is 11.3 Å². The predicted molar refractivity (Wildman–Crippen MR) is 69.6 cm³/mol. The van der Waals surface area contributed by atoms with Gasteiger partial charge in [0, 0.05) is 17.0 Å². The van der Waals surface area contributed by atoms with Crippen LogP contribution < -0.4 is 5.32 Å². The Balaban J connectivity index is 2.31. The summed E-state index contributed by atoms with van der Waals surface area (Å²) in [7, 11) is 0. The monoisotopic (exact) mass is 250 g/mol. The van der Waals surface area contributed by atoms with Crippen LogP contribution in [0.3, 0.4) is 0 Å². The molecule has 0 aliphatic rings. The molecule has 0 aliphatic heterocycles. The number of benzene rings is 1. The van der Waals surface area contributed by atoms with Gasteiger partial charge in [0.2, 0.25) is 0 Å². The van der Waals surface area contributed by atoms with Crippen LogP contribution in [0.5, 0.6) is 0 Å². The molecule has 0 unspecified atom stereocenters. The second-order valence-corrected chi connectivity index (χ2v) is 4.87. The molecular weight excluding hydrogens is 235 g/mol. The van der Waals surface area contributed by atoms with Crippen molar-refractivity contribution in [3.05, 3.63) is 40.7 Å². The summed E-state index contributed by atoms with van der Waals surface area (Å²) in [5.74, 6) is -0.212. The third kappa shape index (κ3) is 2.70. The Kier molecular flexibility index (Phi) is 3.86. The Morgan fingerprint density at radius 3 is 2.82 bits per heavy atom. The molecular formula is C13H15FN2S. The van der Waals surface area contributed by atoms with Crippen LogP contribution in [0.2, 0.25) is 0 Å². The van der Waals surface area contributed by atoms with Gasteiger partial charge in [-0.3, -0.25) is 0 Å². The maximum Gasteiger partial charge on any atom is 0.133 e. The van der Waals surface area contributed by atoms with E-state index >= 15 is 0 Å². The lowest BCUT2D eigenvalue weighted by Gasteiger charge is -1.98. The summed E-state index contributed by atoms with van der Waals surface area (Å²) in [6.45, 7) is 5.75. The van der Waals surface area contributed by atoms with Crippen molar-refractivity contribution in [1.82, 2.24) is 10.3 Å². The highest BCUT2D eigenvalue weighted by Gasteiger charge is 2.11. The molecule has 1 heterocycles. The summed E-state index contributed by atoms with van der Waals surface area (Å²) in [6.07, 6.45) is 0. The van der Waals surface area contributed by atoms with E-state index in [1.807, 2.05) is 13.0 Å². The molecule has 17 heavy (non-hydrogen) atoms. The van der Waals surface area contributed by atoms with E-state index in [9.17, 15) is 4.39 Å². The lowest BCUT2D eigenvalue weighted by molar-refractivity contribution is 0.631. The molecule has 4 heteroatoms. The van der Waals surface area contributed by atoms with Gasteiger partial charge in [0.15, 0.2) is 0 Å². The van der Waals surface area contributed by atoms with Gasteiger partial charge in [0.05, 0.1) is 5.69 Å². The molecule has 1 aromatic heterocycles. The van der Waals surface area contributed by atoms with Crippen molar-refractivity contribution in [3.8, 4) is 10.6 Å². The van der Waals surface area contributed by atoms with E-state index in [0.29, 0.717) is 5.56 Å². The van der Waals surface area contributed by atoms with Crippen molar-refractivity contribution in [1.29, 1.82) is 0 Å². The van der Waals surface area contributed by atoms with Crippen molar-refractivity contribution < 1.29 is 4.39 Å². The summed E-state index contributed by atoms with van der Waals surface area (Å²) in [6, 6.07) is 6.76. The van der Waals surface area contributed by atoms with Crippen molar-refractivity contribution in [3.63, 3.8) is 0 Å². The van der Waals surface area contributed by atoms with E-state index < -0.39 is 0 Å². The minimum Gasteiger partial charge on any atom is -0.312 e. The molecule has 2 nitrogen and oxygen atoms in total. The lowest BCUT2D eigenvalue weighted by Crippen LogP contribution is -2.11. The van der Waals surface area contributed by atoms with E-state index in [0.717, 1.165) is 23.8 Å². The van der Waals surface area contributed by atoms with Gasteiger partial charge in [-0.15, -0.1) is 11.3 Å². The molecule has 0 aliphatic carbocycles. The summed E-state index contributed by atoms with van der Waals surface area (Å²) in [5, 5.41) is 4.02. The van der Waals surface area contributed by atoms with Crippen LogP contribution in [0, 0.1) is 12.7 Å². The highest BCUT2D eigenvalue weighted by Crippen LogP contribution is 2.29. The Hall–Kier alpha value is -1.26. The van der Waals surface area contributed by atoms with E-state index in [4.69, 9.17) is 0 Å². The van der Waals surface area contributed by atoms with Crippen molar-refractivity contribution >= 4 is 11.3 Å². The molecule has 0 saturated carbocycles. The smallest absolute Gasteiger partial charge is 0.133 e. The normalized spacial score (nSPS) is 10.8. The molecule has 0 spiro atoms. The first-order valence-electron chi connectivity index (χ1n) is 5.64. The summed E-state index contributed by atoms with van der Waals surface area (Å²) in [5.41, 5.74) is 1.57. The largest absolute Gasteiger partial charge is 0.312 e. The average Bonchev–Trinajstić information content (AvgIpc) is 2.68. The molecule has 0 atom stereocenters. The van der Waals surface area contributed by atoms with Gasteiger partial charge in [-0.1, -0.05) is 19.1 Å². The third-order valence-electron chi connectivity index (χ3n) is 2.53. The zero-order valence-electron chi connectivity index (χ0n) is 9.96. The number of nitrogens with one attached hydrogen (secondary N) is 1. The first kappa shape index (κ1) is 12.2. The molecule has 90 valence electrons. The van der Waals surface area contributed by atoms with E-state index in [1.165, 1.54) is 10.9 Å². The molecule has 2 rings (SSSR count). The van der Waals surface area contributed by atoms with Crippen LogP contribution in [0.25, 0.3) is 10.6 Å². The van der Waals surface area contributed by atoms with Crippen LogP contribution in [0.4, 0.5) is 4.39 Å². The van der Waals surface area contributed by atoms with Crippen LogP contribution in [0.1, 0.15) is 17.5 Å². The first-order chi connectivity index (χ1) is 8.22. The molecule has 0 amide bonds.